The maximum atomic E-state index is 13.1. The van der Waals surface area contributed by atoms with Gasteiger partial charge in [-0.25, -0.2) is 8.78 Å². The van der Waals surface area contributed by atoms with Crippen LogP contribution in [0.5, 0.6) is 0 Å². The summed E-state index contributed by atoms with van der Waals surface area (Å²) in [4.78, 5) is 12.4. The predicted molar refractivity (Wildman–Crippen MR) is 77.9 cm³/mol. The zero-order valence-corrected chi connectivity index (χ0v) is 12.3. The van der Waals surface area contributed by atoms with Crippen molar-refractivity contribution in [1.82, 2.24) is 10.6 Å². The molecule has 116 valence electrons. The van der Waals surface area contributed by atoms with E-state index in [-0.39, 0.29) is 11.3 Å². The summed E-state index contributed by atoms with van der Waals surface area (Å²) in [5.74, 6) is -1.12. The van der Waals surface area contributed by atoms with Gasteiger partial charge in [0.25, 0.3) is 0 Å². The zero-order chi connectivity index (χ0) is 15.3. The van der Waals surface area contributed by atoms with Gasteiger partial charge >= 0.3 is 0 Å². The fraction of sp³-hybridized carbons (Fsp3) is 0.562. The summed E-state index contributed by atoms with van der Waals surface area (Å²) in [6, 6.07) is 3.45. The molecule has 0 radical (unpaired) electrons. The van der Waals surface area contributed by atoms with Crippen LogP contribution in [0, 0.1) is 17.0 Å². The molecule has 1 amide bonds. The summed E-state index contributed by atoms with van der Waals surface area (Å²) in [6.07, 6.45) is 3.10. The van der Waals surface area contributed by atoms with E-state index >= 15 is 0 Å². The Hall–Kier alpha value is -1.49. The Balaban J connectivity index is 1.88. The summed E-state index contributed by atoms with van der Waals surface area (Å²) in [5, 5.41) is 6.16. The van der Waals surface area contributed by atoms with Gasteiger partial charge in [-0.3, -0.25) is 4.79 Å². The van der Waals surface area contributed by atoms with Crippen LogP contribution in [0.15, 0.2) is 18.2 Å². The van der Waals surface area contributed by atoms with Crippen LogP contribution in [-0.2, 0) is 11.2 Å². The second-order valence-corrected chi connectivity index (χ2v) is 5.74. The second kappa shape index (κ2) is 6.98. The third kappa shape index (κ3) is 4.00. The smallest absolute Gasteiger partial charge is 0.227 e. The molecule has 1 aromatic carbocycles. The fourth-order valence-corrected chi connectivity index (χ4v) is 3.01. The van der Waals surface area contributed by atoms with Crippen LogP contribution in [0.3, 0.4) is 0 Å². The molecule has 0 saturated carbocycles. The largest absolute Gasteiger partial charge is 0.355 e. The van der Waals surface area contributed by atoms with Crippen molar-refractivity contribution >= 4 is 5.91 Å². The van der Waals surface area contributed by atoms with Crippen LogP contribution in [-0.4, -0.2) is 25.5 Å². The molecular weight excluding hydrogens is 274 g/mol. The Morgan fingerprint density at radius 3 is 2.62 bits per heavy atom. The first-order valence-corrected chi connectivity index (χ1v) is 7.50. The Labute approximate surface area is 124 Å². The number of nitrogens with one attached hydrogen (secondary N) is 2. The van der Waals surface area contributed by atoms with Crippen LogP contribution in [0.1, 0.15) is 31.7 Å². The van der Waals surface area contributed by atoms with Gasteiger partial charge in [-0.1, -0.05) is 13.3 Å². The molecule has 5 heteroatoms. The van der Waals surface area contributed by atoms with E-state index in [9.17, 15) is 13.6 Å². The molecule has 1 aliphatic rings. The van der Waals surface area contributed by atoms with Gasteiger partial charge in [0.2, 0.25) is 5.91 Å². The number of hydrogen-bond acceptors (Lipinski definition) is 2. The summed E-state index contributed by atoms with van der Waals surface area (Å²) >= 11 is 0. The molecule has 1 fully saturated rings. The highest BCUT2D eigenvalue weighted by atomic mass is 19.1. The van der Waals surface area contributed by atoms with Crippen molar-refractivity contribution < 1.29 is 13.6 Å². The maximum Gasteiger partial charge on any atom is 0.227 e. The van der Waals surface area contributed by atoms with Crippen molar-refractivity contribution in [3.63, 3.8) is 0 Å². The zero-order valence-electron chi connectivity index (χ0n) is 12.3. The molecule has 2 N–H and O–H groups in total. The number of carbonyl (C=O) groups is 1. The van der Waals surface area contributed by atoms with Gasteiger partial charge < -0.3 is 10.6 Å². The summed E-state index contributed by atoms with van der Waals surface area (Å²) in [6.45, 7) is 4.04. The van der Waals surface area contributed by atoms with Gasteiger partial charge in [0.15, 0.2) is 0 Å². The molecule has 21 heavy (non-hydrogen) atoms. The van der Waals surface area contributed by atoms with Crippen molar-refractivity contribution in [3.8, 4) is 0 Å². The molecule has 1 aliphatic heterocycles. The van der Waals surface area contributed by atoms with Crippen molar-refractivity contribution in [3.05, 3.63) is 35.4 Å². The lowest BCUT2D eigenvalue weighted by molar-refractivity contribution is -0.130. The molecule has 1 saturated heterocycles. The van der Waals surface area contributed by atoms with Crippen LogP contribution < -0.4 is 10.6 Å². The fourth-order valence-electron chi connectivity index (χ4n) is 3.01. The van der Waals surface area contributed by atoms with E-state index in [0.29, 0.717) is 25.1 Å². The van der Waals surface area contributed by atoms with Crippen molar-refractivity contribution in [1.29, 1.82) is 0 Å². The van der Waals surface area contributed by atoms with Crippen LogP contribution in [0.2, 0.25) is 0 Å². The minimum atomic E-state index is -0.584. The van der Waals surface area contributed by atoms with Crippen molar-refractivity contribution in [2.24, 2.45) is 5.41 Å². The van der Waals surface area contributed by atoms with E-state index in [1.54, 1.807) is 0 Å². The molecule has 2 rings (SSSR count). The summed E-state index contributed by atoms with van der Waals surface area (Å²) in [5.41, 5.74) is 0.240. The third-order valence-electron chi connectivity index (χ3n) is 4.08. The average Bonchev–Trinajstić information content (AvgIpc) is 2.88. The lowest BCUT2D eigenvalue weighted by Gasteiger charge is -2.26. The number of halogens is 2. The van der Waals surface area contributed by atoms with Crippen molar-refractivity contribution in [2.45, 2.75) is 32.6 Å². The van der Waals surface area contributed by atoms with Gasteiger partial charge in [-0.05, 0) is 43.5 Å². The van der Waals surface area contributed by atoms with E-state index in [0.717, 1.165) is 31.9 Å². The lowest BCUT2D eigenvalue weighted by atomic mass is 9.81. The molecule has 3 nitrogen and oxygen atoms in total. The van der Waals surface area contributed by atoms with Gasteiger partial charge in [-0.2, -0.15) is 0 Å². The molecule has 0 bridgehead atoms. The second-order valence-electron chi connectivity index (χ2n) is 5.74. The normalized spacial score (nSPS) is 21.5. The lowest BCUT2D eigenvalue weighted by Crippen LogP contribution is -2.43. The Bertz CT molecular complexity index is 479. The minimum absolute atomic E-state index is 0.0474. The first-order valence-electron chi connectivity index (χ1n) is 7.50. The van der Waals surface area contributed by atoms with E-state index in [2.05, 4.69) is 17.6 Å². The highest BCUT2D eigenvalue weighted by molar-refractivity contribution is 5.83. The van der Waals surface area contributed by atoms with Gasteiger partial charge in [0, 0.05) is 19.2 Å². The third-order valence-corrected chi connectivity index (χ3v) is 4.08. The standard InChI is InChI=1S/C16H22F2N2O/c1-2-4-16(5-7-19-11-16)15(21)20-6-3-12-8-13(17)10-14(18)9-12/h8-10,19H,2-7,11H2,1H3,(H,20,21). The highest BCUT2D eigenvalue weighted by Crippen LogP contribution is 2.31. The number of rotatable bonds is 6. The Morgan fingerprint density at radius 1 is 1.33 bits per heavy atom. The Kier molecular flexibility index (Phi) is 5.28. The monoisotopic (exact) mass is 296 g/mol. The first-order chi connectivity index (χ1) is 10.1. The molecule has 0 aromatic heterocycles. The van der Waals surface area contributed by atoms with E-state index < -0.39 is 11.6 Å². The molecular formula is C16H22F2N2O. The number of carbonyl (C=O) groups excluding carboxylic acids is 1. The van der Waals surface area contributed by atoms with Crippen LogP contribution in [0.25, 0.3) is 0 Å². The van der Waals surface area contributed by atoms with Gasteiger partial charge in [0.05, 0.1) is 5.41 Å². The number of hydrogen-bond donors (Lipinski definition) is 2. The van der Waals surface area contributed by atoms with Crippen LogP contribution in [0.4, 0.5) is 8.78 Å². The summed E-state index contributed by atoms with van der Waals surface area (Å²) in [7, 11) is 0. The quantitative estimate of drug-likeness (QED) is 0.846. The molecule has 1 unspecified atom stereocenters. The number of amides is 1. The molecule has 1 heterocycles. The Morgan fingerprint density at radius 2 is 2.05 bits per heavy atom. The maximum absolute atomic E-state index is 13.1. The molecule has 1 aromatic rings. The first kappa shape index (κ1) is 15.9. The summed E-state index contributed by atoms with van der Waals surface area (Å²) < 4.78 is 26.2. The molecule has 1 atom stereocenters. The number of benzene rings is 1. The molecule has 0 aliphatic carbocycles. The SMILES string of the molecule is CCCC1(C(=O)NCCc2cc(F)cc(F)c2)CCNC1. The minimum Gasteiger partial charge on any atom is -0.355 e. The van der Waals surface area contributed by atoms with Crippen molar-refractivity contribution in [2.75, 3.05) is 19.6 Å². The molecule has 0 spiro atoms. The average molecular weight is 296 g/mol. The van der Waals surface area contributed by atoms with E-state index in [1.165, 1.54) is 12.1 Å². The van der Waals surface area contributed by atoms with Crippen LogP contribution >= 0.6 is 0 Å². The predicted octanol–water partition coefficient (Wildman–Crippen LogP) is 2.40. The van der Waals surface area contributed by atoms with E-state index in [4.69, 9.17) is 0 Å². The van der Waals surface area contributed by atoms with Gasteiger partial charge in [0.1, 0.15) is 11.6 Å². The van der Waals surface area contributed by atoms with E-state index in [1.807, 2.05) is 0 Å². The highest BCUT2D eigenvalue weighted by Gasteiger charge is 2.39. The van der Waals surface area contributed by atoms with Gasteiger partial charge in [-0.15, -0.1) is 0 Å². The topological polar surface area (TPSA) is 41.1 Å².